The molecular weight excluding hydrogens is 330 g/mol. The molecule has 2 aliphatic heterocycles. The maximum atomic E-state index is 12.5. The number of hydrogen-bond acceptors (Lipinski definition) is 5. The van der Waals surface area contributed by atoms with Crippen molar-refractivity contribution in [2.24, 2.45) is 5.41 Å². The number of hydrogen-bond donors (Lipinski definition) is 0. The fraction of sp³-hybridized carbons (Fsp3) is 0.688. The van der Waals surface area contributed by atoms with Crippen LogP contribution < -0.4 is 4.74 Å². The highest BCUT2D eigenvalue weighted by Crippen LogP contribution is 2.41. The third-order valence-electron chi connectivity index (χ3n) is 4.90. The highest BCUT2D eigenvalue weighted by atomic mass is 32.2. The average Bonchev–Trinajstić information content (AvgIpc) is 2.60. The molecule has 0 aromatic carbocycles. The van der Waals surface area contributed by atoms with Crippen molar-refractivity contribution in [3.63, 3.8) is 0 Å². The second-order valence-electron chi connectivity index (χ2n) is 6.72. The standard InChI is InChI=1S/C16H25N3O4S/c1-18(2)24(20,21)19-9-6-15-16(12-19,7-4-10-22-15)13-23-14-5-3-8-17-11-14/h3,5,8,11,15H,4,6-7,9-10,12-13H2,1-2H3/t15-,16+/m1/s1. The molecule has 3 heterocycles. The lowest BCUT2D eigenvalue weighted by Gasteiger charge is -2.49. The molecule has 0 saturated carbocycles. The molecular formula is C16H25N3O4S. The first-order chi connectivity index (χ1) is 11.4. The fourth-order valence-corrected chi connectivity index (χ4v) is 4.77. The number of aromatic nitrogens is 1. The predicted molar refractivity (Wildman–Crippen MR) is 89.9 cm³/mol. The van der Waals surface area contributed by atoms with Gasteiger partial charge in [0.25, 0.3) is 10.2 Å². The Morgan fingerprint density at radius 2 is 2.33 bits per heavy atom. The summed E-state index contributed by atoms with van der Waals surface area (Å²) in [6, 6.07) is 3.69. The van der Waals surface area contributed by atoms with Gasteiger partial charge in [0.1, 0.15) is 5.75 Å². The third kappa shape index (κ3) is 3.42. The summed E-state index contributed by atoms with van der Waals surface area (Å²) in [5.74, 6) is 0.698. The Labute approximate surface area is 143 Å². The molecule has 24 heavy (non-hydrogen) atoms. The number of rotatable bonds is 5. The van der Waals surface area contributed by atoms with Crippen LogP contribution >= 0.6 is 0 Å². The molecule has 0 radical (unpaired) electrons. The minimum Gasteiger partial charge on any atom is -0.491 e. The van der Waals surface area contributed by atoms with Crippen molar-refractivity contribution in [3.05, 3.63) is 24.5 Å². The van der Waals surface area contributed by atoms with Crippen molar-refractivity contribution < 1.29 is 17.9 Å². The summed E-state index contributed by atoms with van der Waals surface area (Å²) in [5.41, 5.74) is -0.310. The molecule has 2 aliphatic rings. The van der Waals surface area contributed by atoms with Gasteiger partial charge in [-0.05, 0) is 31.4 Å². The lowest BCUT2D eigenvalue weighted by atomic mass is 9.73. The summed E-state index contributed by atoms with van der Waals surface area (Å²) >= 11 is 0. The van der Waals surface area contributed by atoms with Gasteiger partial charge in [-0.15, -0.1) is 0 Å². The van der Waals surface area contributed by atoms with E-state index in [0.29, 0.717) is 31.9 Å². The Hall–Kier alpha value is -1.22. The second-order valence-corrected chi connectivity index (χ2v) is 8.86. The molecule has 1 aromatic heterocycles. The molecule has 0 unspecified atom stereocenters. The smallest absolute Gasteiger partial charge is 0.281 e. The Kier molecular flexibility index (Phi) is 5.10. The first-order valence-corrected chi connectivity index (χ1v) is 9.66. The van der Waals surface area contributed by atoms with E-state index in [0.717, 1.165) is 19.4 Å². The topological polar surface area (TPSA) is 72.0 Å². The number of fused-ring (bicyclic) bond motifs is 1. The average molecular weight is 355 g/mol. The lowest BCUT2D eigenvalue weighted by Crippen LogP contribution is -2.59. The summed E-state index contributed by atoms with van der Waals surface area (Å²) in [6.45, 7) is 2.08. The van der Waals surface area contributed by atoms with Crippen molar-refractivity contribution in [2.45, 2.75) is 25.4 Å². The van der Waals surface area contributed by atoms with E-state index >= 15 is 0 Å². The van der Waals surface area contributed by atoms with Crippen LogP contribution in [0.3, 0.4) is 0 Å². The maximum Gasteiger partial charge on any atom is 0.281 e. The molecule has 2 atom stereocenters. The van der Waals surface area contributed by atoms with Gasteiger partial charge >= 0.3 is 0 Å². The Bertz CT molecular complexity index is 653. The van der Waals surface area contributed by atoms with Crippen LogP contribution in [0.5, 0.6) is 5.75 Å². The summed E-state index contributed by atoms with van der Waals surface area (Å²) < 4.78 is 39.8. The predicted octanol–water partition coefficient (Wildman–Crippen LogP) is 1.14. The van der Waals surface area contributed by atoms with Crippen LogP contribution in [-0.2, 0) is 14.9 Å². The van der Waals surface area contributed by atoms with E-state index in [9.17, 15) is 8.42 Å². The molecule has 0 bridgehead atoms. The van der Waals surface area contributed by atoms with Crippen LogP contribution in [0.25, 0.3) is 0 Å². The van der Waals surface area contributed by atoms with E-state index in [-0.39, 0.29) is 11.5 Å². The SMILES string of the molecule is CN(C)S(=O)(=O)N1CC[C@H]2OCCC[C@@]2(COc2cccnc2)C1. The van der Waals surface area contributed by atoms with Crippen LogP contribution in [0.4, 0.5) is 0 Å². The highest BCUT2D eigenvalue weighted by Gasteiger charge is 2.49. The van der Waals surface area contributed by atoms with Crippen molar-refractivity contribution in [1.29, 1.82) is 0 Å². The molecule has 0 N–H and O–H groups in total. The Balaban J connectivity index is 1.79. The number of piperidine rings is 1. The molecule has 1 aromatic rings. The quantitative estimate of drug-likeness (QED) is 0.792. The van der Waals surface area contributed by atoms with Gasteiger partial charge in [-0.1, -0.05) is 0 Å². The first kappa shape index (κ1) is 17.6. The van der Waals surface area contributed by atoms with E-state index < -0.39 is 10.2 Å². The molecule has 0 amide bonds. The van der Waals surface area contributed by atoms with Gasteiger partial charge in [0.2, 0.25) is 0 Å². The van der Waals surface area contributed by atoms with Crippen molar-refractivity contribution in [3.8, 4) is 5.75 Å². The van der Waals surface area contributed by atoms with Gasteiger partial charge in [-0.2, -0.15) is 17.0 Å². The molecule has 3 rings (SSSR count). The highest BCUT2D eigenvalue weighted by molar-refractivity contribution is 7.86. The normalized spacial score (nSPS) is 28.5. The summed E-state index contributed by atoms with van der Waals surface area (Å²) in [4.78, 5) is 4.06. The Morgan fingerprint density at radius 3 is 3.04 bits per heavy atom. The maximum absolute atomic E-state index is 12.5. The van der Waals surface area contributed by atoms with Crippen LogP contribution in [0.1, 0.15) is 19.3 Å². The largest absolute Gasteiger partial charge is 0.491 e. The van der Waals surface area contributed by atoms with Crippen LogP contribution in [-0.4, -0.2) is 68.5 Å². The monoisotopic (exact) mass is 355 g/mol. The molecule has 2 fully saturated rings. The summed E-state index contributed by atoms with van der Waals surface area (Å²) in [5, 5.41) is 0. The zero-order chi connectivity index (χ0) is 17.2. The minimum absolute atomic E-state index is 0.0385. The van der Waals surface area contributed by atoms with E-state index in [1.807, 2.05) is 12.1 Å². The molecule has 0 aliphatic carbocycles. The van der Waals surface area contributed by atoms with E-state index in [1.165, 1.54) is 4.31 Å². The molecule has 134 valence electrons. The molecule has 0 spiro atoms. The zero-order valence-electron chi connectivity index (χ0n) is 14.2. The van der Waals surface area contributed by atoms with Crippen LogP contribution in [0.2, 0.25) is 0 Å². The number of pyridine rings is 1. The van der Waals surface area contributed by atoms with Gasteiger partial charge in [0.15, 0.2) is 0 Å². The lowest BCUT2D eigenvalue weighted by molar-refractivity contribution is -0.128. The van der Waals surface area contributed by atoms with E-state index in [1.54, 1.807) is 30.8 Å². The fourth-order valence-electron chi connectivity index (χ4n) is 3.55. The van der Waals surface area contributed by atoms with Gasteiger partial charge < -0.3 is 9.47 Å². The van der Waals surface area contributed by atoms with E-state index in [4.69, 9.17) is 9.47 Å². The molecule has 2 saturated heterocycles. The summed E-state index contributed by atoms with van der Waals surface area (Å²) in [6.07, 6.45) is 5.93. The third-order valence-corrected chi connectivity index (χ3v) is 6.79. The van der Waals surface area contributed by atoms with Gasteiger partial charge in [-0.25, -0.2) is 0 Å². The molecule has 8 heteroatoms. The zero-order valence-corrected chi connectivity index (χ0v) is 15.0. The minimum atomic E-state index is -3.43. The van der Waals surface area contributed by atoms with Gasteiger partial charge in [0.05, 0.1) is 18.9 Å². The van der Waals surface area contributed by atoms with E-state index in [2.05, 4.69) is 4.98 Å². The first-order valence-electron chi connectivity index (χ1n) is 8.26. The van der Waals surface area contributed by atoms with Crippen LogP contribution in [0, 0.1) is 5.41 Å². The number of ether oxygens (including phenoxy) is 2. The van der Waals surface area contributed by atoms with Crippen LogP contribution in [0.15, 0.2) is 24.5 Å². The van der Waals surface area contributed by atoms with Crippen molar-refractivity contribution in [1.82, 2.24) is 13.6 Å². The van der Waals surface area contributed by atoms with Gasteiger partial charge in [0, 0.05) is 45.4 Å². The summed E-state index contributed by atoms with van der Waals surface area (Å²) in [7, 11) is -0.294. The van der Waals surface area contributed by atoms with Gasteiger partial charge in [-0.3, -0.25) is 4.98 Å². The van der Waals surface area contributed by atoms with Crippen molar-refractivity contribution in [2.75, 3.05) is 40.4 Å². The number of nitrogens with zero attached hydrogens (tertiary/aromatic N) is 3. The molecule has 7 nitrogen and oxygen atoms in total. The Morgan fingerprint density at radius 1 is 1.50 bits per heavy atom. The second kappa shape index (κ2) is 6.95. The van der Waals surface area contributed by atoms with Crippen molar-refractivity contribution >= 4 is 10.2 Å².